The van der Waals surface area contributed by atoms with Crippen molar-refractivity contribution in [3.63, 3.8) is 0 Å². The minimum absolute atomic E-state index is 0.0175. The molecule has 10 heteroatoms. The molecule has 2 N–H and O–H groups in total. The molecule has 0 aromatic heterocycles. The summed E-state index contributed by atoms with van der Waals surface area (Å²) in [6.07, 6.45) is -11.9. The van der Waals surface area contributed by atoms with Crippen molar-refractivity contribution >= 4 is 5.91 Å². The summed E-state index contributed by atoms with van der Waals surface area (Å²) in [4.78, 5) is 12.2. The van der Waals surface area contributed by atoms with Crippen LogP contribution in [0.5, 0.6) is 0 Å². The van der Waals surface area contributed by atoms with Crippen molar-refractivity contribution in [2.24, 2.45) is 0 Å². The first-order valence-corrected chi connectivity index (χ1v) is 6.17. The van der Waals surface area contributed by atoms with Crippen LogP contribution in [0.1, 0.15) is 16.8 Å². The van der Waals surface area contributed by atoms with Crippen LogP contribution in [0.15, 0.2) is 42.6 Å². The van der Waals surface area contributed by atoms with E-state index in [0.717, 1.165) is 0 Å². The summed E-state index contributed by atoms with van der Waals surface area (Å²) in [5.41, 5.74) is -1.95. The Bertz CT molecular complexity index is 620. The second-order valence-corrected chi connectivity index (χ2v) is 4.78. The number of carbonyl (C=O) groups is 1. The van der Waals surface area contributed by atoms with Crippen molar-refractivity contribution in [3.05, 3.63) is 48.2 Å². The highest BCUT2D eigenvalue weighted by Crippen LogP contribution is 2.44. The normalized spacial score (nSPS) is 22.2. The topological polar surface area (TPSA) is 61.8 Å². The smallest absolute Gasteiger partial charge is 0.362 e. The van der Waals surface area contributed by atoms with E-state index in [2.05, 4.69) is 11.3 Å². The van der Waals surface area contributed by atoms with E-state index in [1.165, 1.54) is 24.3 Å². The van der Waals surface area contributed by atoms with Crippen LogP contribution in [0.3, 0.4) is 0 Å². The minimum atomic E-state index is -5.72. The highest BCUT2D eigenvalue weighted by Gasteiger charge is 2.66. The Kier molecular flexibility index (Phi) is 4.07. The van der Waals surface area contributed by atoms with Gasteiger partial charge in [-0.1, -0.05) is 24.8 Å². The Labute approximate surface area is 126 Å². The van der Waals surface area contributed by atoms with E-state index < -0.39 is 30.5 Å². The fraction of sp³-hybridized carbons (Fsp3) is 0.308. The molecule has 23 heavy (non-hydrogen) atoms. The van der Waals surface area contributed by atoms with Crippen molar-refractivity contribution in [3.8, 4) is 0 Å². The summed E-state index contributed by atoms with van der Waals surface area (Å²) in [6, 6.07) is 6.87. The fourth-order valence-corrected chi connectivity index (χ4v) is 2.06. The molecule has 1 heterocycles. The number of benzene rings is 1. The van der Waals surface area contributed by atoms with E-state index in [-0.39, 0.29) is 16.3 Å². The van der Waals surface area contributed by atoms with Crippen LogP contribution in [-0.2, 0) is 4.74 Å². The molecular weight excluding hydrogens is 327 g/mol. The maximum atomic E-state index is 13.8. The molecule has 126 valence electrons. The third kappa shape index (κ3) is 3.27. The first-order valence-electron chi connectivity index (χ1n) is 6.17. The molecule has 1 fully saturated rings. The van der Waals surface area contributed by atoms with Gasteiger partial charge in [0.2, 0.25) is 0 Å². The Morgan fingerprint density at radius 2 is 1.83 bits per heavy atom. The summed E-state index contributed by atoms with van der Waals surface area (Å²) >= 11 is 0. The first-order chi connectivity index (χ1) is 10.5. The van der Waals surface area contributed by atoms with Crippen LogP contribution < -0.4 is 5.43 Å². The summed E-state index contributed by atoms with van der Waals surface area (Å²) < 4.78 is 66.9. The van der Waals surface area contributed by atoms with Gasteiger partial charge in [0, 0.05) is 17.7 Å². The minimum Gasteiger partial charge on any atom is -0.362 e. The number of halogens is 5. The van der Waals surface area contributed by atoms with E-state index >= 15 is 0 Å². The number of ether oxygens (including phenoxy) is 1. The van der Waals surface area contributed by atoms with E-state index in [9.17, 15) is 31.9 Å². The summed E-state index contributed by atoms with van der Waals surface area (Å²) in [5.74, 6) is -1.17. The van der Waals surface area contributed by atoms with Crippen molar-refractivity contribution in [1.82, 2.24) is 10.4 Å². The molecule has 1 saturated heterocycles. The Hall–Kier alpha value is -2.20. The predicted molar refractivity (Wildman–Crippen MR) is 66.5 cm³/mol. The Morgan fingerprint density at radius 1 is 1.26 bits per heavy atom. The molecule has 0 aliphatic carbocycles. The molecule has 1 aliphatic rings. The number of aliphatic hydroxyl groups is 1. The molecule has 1 aromatic rings. The average Bonchev–Trinajstić information content (AvgIpc) is 2.73. The third-order valence-electron chi connectivity index (χ3n) is 3.03. The van der Waals surface area contributed by atoms with Crippen molar-refractivity contribution in [1.29, 1.82) is 0 Å². The molecule has 2 rings (SSSR count). The lowest BCUT2D eigenvalue weighted by atomic mass is 10.1. The molecule has 1 atom stereocenters. The van der Waals surface area contributed by atoms with Crippen molar-refractivity contribution in [2.75, 3.05) is 0 Å². The number of nitrogens with zero attached hydrogens (tertiary/aromatic N) is 1. The van der Waals surface area contributed by atoms with Gasteiger partial charge in [0.15, 0.2) is 0 Å². The number of hydrogen-bond acceptors (Lipinski definition) is 4. The zero-order valence-corrected chi connectivity index (χ0v) is 11.4. The molecule has 1 unspecified atom stereocenters. The molecule has 5 nitrogen and oxygen atoms in total. The van der Waals surface area contributed by atoms with Gasteiger partial charge in [-0.15, -0.1) is 13.2 Å². The number of alkyl halides is 5. The van der Waals surface area contributed by atoms with Crippen LogP contribution in [0.25, 0.3) is 0 Å². The molecule has 0 spiro atoms. The van der Waals surface area contributed by atoms with E-state index in [0.29, 0.717) is 0 Å². The van der Waals surface area contributed by atoms with E-state index in [1.807, 2.05) is 5.43 Å². The molecule has 0 radical (unpaired) electrons. The second-order valence-electron chi connectivity index (χ2n) is 4.78. The summed E-state index contributed by atoms with van der Waals surface area (Å²) in [7, 11) is 0. The van der Waals surface area contributed by atoms with Crippen molar-refractivity contribution < 1.29 is 36.6 Å². The fourth-order valence-electron chi connectivity index (χ4n) is 2.06. The average molecular weight is 338 g/mol. The zero-order chi connectivity index (χ0) is 17.5. The van der Waals surface area contributed by atoms with Gasteiger partial charge in [-0.2, -0.15) is 8.78 Å². The first kappa shape index (κ1) is 17.2. The Balaban J connectivity index is 2.38. The predicted octanol–water partition coefficient (Wildman–Crippen LogP) is 2.37. The number of nitrogens with one attached hydrogen (secondary N) is 1. The van der Waals surface area contributed by atoms with Gasteiger partial charge < -0.3 is 5.11 Å². The quantitative estimate of drug-likeness (QED) is 0.831. The van der Waals surface area contributed by atoms with Gasteiger partial charge in [0.25, 0.3) is 11.6 Å². The third-order valence-corrected chi connectivity index (χ3v) is 3.03. The molecule has 0 saturated carbocycles. The highest BCUT2D eigenvalue weighted by atomic mass is 19.4. The molecule has 0 bridgehead atoms. The molecular formula is C13H11F5N2O3. The van der Waals surface area contributed by atoms with E-state index in [4.69, 9.17) is 0 Å². The standard InChI is InChI=1S/C13H11F5N2O3/c1-8-7-11(22,12(14,15)23-13(16,17)18)20(19-8)10(21)9-5-3-2-4-6-9/h2-6,19,22H,1,7H2. The number of carbonyl (C=O) groups excluding carboxylic acids is 1. The number of amides is 1. The van der Waals surface area contributed by atoms with Gasteiger partial charge in [0.05, 0.1) is 0 Å². The monoisotopic (exact) mass is 338 g/mol. The Morgan fingerprint density at radius 3 is 2.35 bits per heavy atom. The van der Waals surface area contributed by atoms with E-state index in [1.54, 1.807) is 6.07 Å². The van der Waals surface area contributed by atoms with Crippen molar-refractivity contribution in [2.45, 2.75) is 24.6 Å². The number of rotatable bonds is 3. The van der Waals surface area contributed by atoms with Crippen LogP contribution >= 0.6 is 0 Å². The van der Waals surface area contributed by atoms with Gasteiger partial charge in [-0.05, 0) is 12.1 Å². The summed E-state index contributed by atoms with van der Waals surface area (Å²) in [5, 5.41) is 10.0. The lowest BCUT2D eigenvalue weighted by molar-refractivity contribution is -0.469. The lowest BCUT2D eigenvalue weighted by Crippen LogP contribution is -2.63. The van der Waals surface area contributed by atoms with Crippen LogP contribution in [-0.4, -0.2) is 34.2 Å². The lowest BCUT2D eigenvalue weighted by Gasteiger charge is -2.37. The molecule has 1 aliphatic heterocycles. The molecule has 1 amide bonds. The maximum Gasteiger partial charge on any atom is 0.527 e. The van der Waals surface area contributed by atoms with Gasteiger partial charge in [-0.25, -0.2) is 9.75 Å². The van der Waals surface area contributed by atoms with Crippen LogP contribution in [0.2, 0.25) is 0 Å². The largest absolute Gasteiger partial charge is 0.527 e. The maximum absolute atomic E-state index is 13.8. The highest BCUT2D eigenvalue weighted by molar-refractivity contribution is 5.94. The van der Waals surface area contributed by atoms with Gasteiger partial charge in [0.1, 0.15) is 0 Å². The van der Waals surface area contributed by atoms with Gasteiger partial charge >= 0.3 is 12.5 Å². The molecule has 1 aromatic carbocycles. The second kappa shape index (κ2) is 5.46. The zero-order valence-electron chi connectivity index (χ0n) is 11.4. The SMILES string of the molecule is C=C1CC(O)(C(F)(F)OC(F)(F)F)N(C(=O)c2ccccc2)N1. The van der Waals surface area contributed by atoms with Crippen LogP contribution in [0, 0.1) is 0 Å². The number of hydrogen-bond donors (Lipinski definition) is 2. The summed E-state index contributed by atoms with van der Waals surface area (Å²) in [6.45, 7) is 3.25. The van der Waals surface area contributed by atoms with Gasteiger partial charge in [-0.3, -0.25) is 10.2 Å². The number of hydrazine groups is 1. The van der Waals surface area contributed by atoms with Crippen LogP contribution in [0.4, 0.5) is 22.0 Å².